The maximum atomic E-state index is 12.2. The van der Waals surface area contributed by atoms with E-state index in [0.29, 0.717) is 0 Å². The van der Waals surface area contributed by atoms with Gasteiger partial charge in [-0.1, -0.05) is 0 Å². The Morgan fingerprint density at radius 3 is 1.07 bits per heavy atom. The zero-order chi connectivity index (χ0) is 71.8. The summed E-state index contributed by atoms with van der Waals surface area (Å²) in [5, 5.41) is 245. The van der Waals surface area contributed by atoms with Crippen molar-refractivity contribution in [3.63, 3.8) is 0 Å². The van der Waals surface area contributed by atoms with Crippen LogP contribution >= 0.6 is 0 Å². The highest BCUT2D eigenvalue weighted by atomic mass is 16.8. The smallest absolute Gasteiger partial charge is 0.189 e. The first-order valence-electron chi connectivity index (χ1n) is 31.8. The molecular weight excluding hydrogens is 1340 g/mol. The van der Waals surface area contributed by atoms with E-state index in [1.54, 1.807) is 0 Å². The molecule has 9 rings (SSSR count). The molecule has 0 aliphatic carbocycles. The van der Waals surface area contributed by atoms with Gasteiger partial charge in [-0.2, -0.15) is 0 Å². The molecule has 9 saturated heterocycles. The molecule has 0 unspecified atom stereocenters. The standard InChI is InChI=1S/C56H96O42/c1-13-22(62)40(35(75)51(83-13)92-43-29(69)21(12-79-4)90-54(38(43)78)98-50-33(73)30(70)25(65)17(7-57)86-50)91-52-36(76)41(26(66)18(8-58)87-52)93-53-37(77)42(27(67)19(9-59)88-53)94-55-47(96-48-32(72)24(64)16(61)11-82-48)45(23(63)14(2)84-55)95-56-46(44(81-6)28(68)20(10-60)89-56)97-49-34(74)31(71)39(80-5)15(3)85-49/h13-78H,7-12H2,1-6H3/t13-,14-,15-,16+,17+,18+,19+,20-,21+,22-,23-,24-,25+,26+,27+,28-,29+,30-,31-,32+,33+,34+,35+,36+,37+,38+,39-,40+,41-,42-,43-,44+,45+,46+,47+,48-,49-,50+,51-,52-,53-,54+,55-,56-/m0/s1. The topological polar surface area (TPSA) is 630 Å². The molecule has 9 aliphatic heterocycles. The minimum Gasteiger partial charge on any atom is -0.394 e. The number of methoxy groups -OCH3 is 3. The molecule has 98 heavy (non-hydrogen) atoms. The van der Waals surface area contributed by atoms with Crippen LogP contribution < -0.4 is 0 Å². The highest BCUT2D eigenvalue weighted by Crippen LogP contribution is 2.41. The van der Waals surface area contributed by atoms with Crippen LogP contribution in [0.5, 0.6) is 0 Å². The highest BCUT2D eigenvalue weighted by Gasteiger charge is 2.61. The maximum Gasteiger partial charge on any atom is 0.189 e. The highest BCUT2D eigenvalue weighted by molar-refractivity contribution is 5.02. The molecule has 0 bridgehead atoms. The van der Waals surface area contributed by atoms with Gasteiger partial charge in [0, 0.05) is 21.3 Å². The first-order valence-corrected chi connectivity index (χ1v) is 31.8. The van der Waals surface area contributed by atoms with Gasteiger partial charge in [0.2, 0.25) is 0 Å². The average Bonchev–Trinajstić information content (AvgIpc) is 0.770. The van der Waals surface area contributed by atoms with Gasteiger partial charge < -0.3 is 207 Å². The molecule has 44 atom stereocenters. The number of hydrogen-bond donors (Lipinski definition) is 22. The summed E-state index contributed by atoms with van der Waals surface area (Å²) in [4.78, 5) is 0. The van der Waals surface area contributed by atoms with E-state index in [9.17, 15) is 112 Å². The molecule has 0 spiro atoms. The number of aliphatic hydroxyl groups is 22. The molecule has 0 aromatic heterocycles. The Bertz CT molecular complexity index is 2400. The van der Waals surface area contributed by atoms with Crippen molar-refractivity contribution in [2.24, 2.45) is 0 Å². The molecule has 0 amide bonds. The first-order chi connectivity index (χ1) is 46.5. The van der Waals surface area contributed by atoms with E-state index < -0.39 is 310 Å². The Morgan fingerprint density at radius 2 is 0.571 bits per heavy atom. The monoisotopic (exact) mass is 1440 g/mol. The van der Waals surface area contributed by atoms with Gasteiger partial charge in [-0.05, 0) is 20.8 Å². The van der Waals surface area contributed by atoms with Gasteiger partial charge in [-0.3, -0.25) is 0 Å². The number of rotatable bonds is 24. The molecule has 9 fully saturated rings. The lowest BCUT2D eigenvalue weighted by Gasteiger charge is -2.51. The number of ether oxygens (including phenoxy) is 20. The SMILES string of the molecule is COC[C@H]1O[C@H](O[C@H]2O[C@H](CO)[C@@H](O)[C@H](O)[C@H]2O)[C@H](O)[C@@H](O[C@@H]2O[C@@H](C)[C@H](O)[C@@H](O[C@@H]3O[C@H](CO)[C@@H](O)[C@H](O[C@@H]4O[C@H](CO)[C@@H](O)[C@H](O[C@@H]5O[C@@H](C)[C@H](O)[C@@H](O[C@@H]6O[C@@H](CO)[C@H](O)[C@@H](OC)[C@H]6O[C@@H]6O[C@@H](C)[C@H](OC)[C@@H](O)[C@H]6O)[C@H]5O[C@@H]5OC[C@@H](O)[C@H](O)[C@H]5O)[C@H]4O)[C@H]3O)[C@H]2O)[C@@H]1O. The molecular formula is C56H96O42. The lowest BCUT2D eigenvalue weighted by Crippen LogP contribution is -2.69. The van der Waals surface area contributed by atoms with E-state index in [-0.39, 0.29) is 0 Å². The van der Waals surface area contributed by atoms with Crippen LogP contribution in [-0.4, -0.2) is 444 Å². The normalized spacial score (nSPS) is 53.8. The lowest BCUT2D eigenvalue weighted by atomic mass is 9.95. The fraction of sp³-hybridized carbons (Fsp3) is 1.00. The van der Waals surface area contributed by atoms with Crippen LogP contribution in [0.15, 0.2) is 0 Å². The zero-order valence-electron chi connectivity index (χ0n) is 53.6. The van der Waals surface area contributed by atoms with Crippen molar-refractivity contribution in [1.82, 2.24) is 0 Å². The van der Waals surface area contributed by atoms with Gasteiger partial charge in [0.05, 0.1) is 58.0 Å². The minimum absolute atomic E-state index is 0.416. The fourth-order valence-electron chi connectivity index (χ4n) is 13.1. The predicted molar refractivity (Wildman–Crippen MR) is 301 cm³/mol. The quantitative estimate of drug-likeness (QED) is 0.0427. The minimum atomic E-state index is -2.35. The summed E-state index contributed by atoms with van der Waals surface area (Å²) in [6, 6.07) is 0. The molecule has 42 heteroatoms. The van der Waals surface area contributed by atoms with Gasteiger partial charge in [0.15, 0.2) is 56.6 Å². The Balaban J connectivity index is 0.951. The van der Waals surface area contributed by atoms with Crippen molar-refractivity contribution in [3.8, 4) is 0 Å². The fourth-order valence-corrected chi connectivity index (χ4v) is 13.1. The van der Waals surface area contributed by atoms with Crippen molar-refractivity contribution >= 4 is 0 Å². The van der Waals surface area contributed by atoms with Crippen LogP contribution in [0.25, 0.3) is 0 Å². The summed E-state index contributed by atoms with van der Waals surface area (Å²) in [6.07, 6.45) is -81.9. The zero-order valence-corrected chi connectivity index (χ0v) is 53.6. The van der Waals surface area contributed by atoms with Crippen LogP contribution in [0.3, 0.4) is 0 Å². The molecule has 0 aromatic rings. The van der Waals surface area contributed by atoms with E-state index in [2.05, 4.69) is 0 Å². The number of hydrogen-bond acceptors (Lipinski definition) is 42. The third kappa shape index (κ3) is 16.6. The van der Waals surface area contributed by atoms with Crippen molar-refractivity contribution < 1.29 is 207 Å². The summed E-state index contributed by atoms with van der Waals surface area (Å²) in [7, 11) is 3.60. The Hall–Kier alpha value is -1.68. The maximum absolute atomic E-state index is 12.2. The molecule has 42 nitrogen and oxygen atoms in total. The van der Waals surface area contributed by atoms with Crippen LogP contribution in [0.1, 0.15) is 20.8 Å². The van der Waals surface area contributed by atoms with Crippen molar-refractivity contribution in [2.75, 3.05) is 61.0 Å². The summed E-state index contributed by atoms with van der Waals surface area (Å²) in [6.45, 7) is -1.01. The molecule has 9 heterocycles. The summed E-state index contributed by atoms with van der Waals surface area (Å²) in [5.41, 5.74) is 0. The molecule has 0 aromatic carbocycles. The Morgan fingerprint density at radius 1 is 0.255 bits per heavy atom. The second-order valence-corrected chi connectivity index (χ2v) is 25.4. The van der Waals surface area contributed by atoms with Gasteiger partial charge in [-0.15, -0.1) is 0 Å². The largest absolute Gasteiger partial charge is 0.394 e. The molecule has 0 saturated carbocycles. The molecule has 572 valence electrons. The summed E-state index contributed by atoms with van der Waals surface area (Å²) < 4.78 is 116. The predicted octanol–water partition coefficient (Wildman–Crippen LogP) is -14.9. The van der Waals surface area contributed by atoms with E-state index in [0.717, 1.165) is 7.11 Å². The van der Waals surface area contributed by atoms with Gasteiger partial charge in [-0.25, -0.2) is 0 Å². The van der Waals surface area contributed by atoms with Crippen molar-refractivity contribution in [1.29, 1.82) is 0 Å². The second kappa shape index (κ2) is 34.7. The summed E-state index contributed by atoms with van der Waals surface area (Å²) >= 11 is 0. The van der Waals surface area contributed by atoms with Crippen molar-refractivity contribution in [2.45, 2.75) is 291 Å². The average molecular weight is 1440 g/mol. The number of aliphatic hydroxyl groups excluding tert-OH is 22. The van der Waals surface area contributed by atoms with Gasteiger partial charge >= 0.3 is 0 Å². The van der Waals surface area contributed by atoms with Crippen LogP contribution in [0.4, 0.5) is 0 Å². The Labute approximate surface area is 558 Å². The third-order valence-corrected chi connectivity index (χ3v) is 18.9. The third-order valence-electron chi connectivity index (χ3n) is 18.9. The molecule has 22 N–H and O–H groups in total. The first kappa shape index (κ1) is 80.4. The van der Waals surface area contributed by atoms with E-state index in [1.807, 2.05) is 0 Å². The Kier molecular flexibility index (Phi) is 28.5. The molecule has 9 aliphatic rings. The van der Waals surface area contributed by atoms with Gasteiger partial charge in [0.1, 0.15) is 195 Å². The van der Waals surface area contributed by atoms with Crippen molar-refractivity contribution in [3.05, 3.63) is 0 Å². The second-order valence-electron chi connectivity index (χ2n) is 25.4. The summed E-state index contributed by atoms with van der Waals surface area (Å²) in [5.74, 6) is 0. The van der Waals surface area contributed by atoms with Crippen LogP contribution in [0, 0.1) is 0 Å². The van der Waals surface area contributed by atoms with Crippen LogP contribution in [0.2, 0.25) is 0 Å². The lowest BCUT2D eigenvalue weighted by molar-refractivity contribution is -0.413. The molecule has 0 radical (unpaired) electrons. The van der Waals surface area contributed by atoms with Crippen LogP contribution in [-0.2, 0) is 94.7 Å². The van der Waals surface area contributed by atoms with E-state index in [4.69, 9.17) is 94.7 Å². The van der Waals surface area contributed by atoms with Gasteiger partial charge in [0.25, 0.3) is 0 Å². The van der Waals surface area contributed by atoms with E-state index >= 15 is 0 Å². The van der Waals surface area contributed by atoms with E-state index in [1.165, 1.54) is 35.0 Å².